The van der Waals surface area contributed by atoms with Crippen LogP contribution in [0.5, 0.6) is 5.75 Å². The van der Waals surface area contributed by atoms with Gasteiger partial charge in [-0.15, -0.1) is 0 Å². The molecule has 0 spiro atoms. The zero-order valence-corrected chi connectivity index (χ0v) is 19.5. The third-order valence-corrected chi connectivity index (χ3v) is 5.91. The molecule has 0 bridgehead atoms. The molecule has 4 rings (SSSR count). The Morgan fingerprint density at radius 1 is 1.21 bits per heavy atom. The molecule has 8 heteroatoms. The van der Waals surface area contributed by atoms with Gasteiger partial charge in [-0.3, -0.25) is 14.5 Å². The molecule has 0 aliphatic carbocycles. The topological polar surface area (TPSA) is 86.8 Å². The average Bonchev–Trinajstić information content (AvgIpc) is 3.23. The second-order valence-corrected chi connectivity index (χ2v) is 7.95. The lowest BCUT2D eigenvalue weighted by Gasteiger charge is -2.32. The van der Waals surface area contributed by atoms with E-state index in [2.05, 4.69) is 27.1 Å². The molecule has 3 heterocycles. The molecule has 1 aromatic carbocycles. The minimum Gasteiger partial charge on any atom is -0.496 e. The van der Waals surface area contributed by atoms with Crippen LogP contribution in [0, 0.1) is 0 Å². The summed E-state index contributed by atoms with van der Waals surface area (Å²) in [5.41, 5.74) is 3.22. The number of carbonyl (C=O) groups is 2. The lowest BCUT2D eigenvalue weighted by atomic mass is 10.1. The highest BCUT2D eigenvalue weighted by Gasteiger charge is 2.32. The number of rotatable bonds is 7. The molecule has 0 radical (unpaired) electrons. The van der Waals surface area contributed by atoms with Crippen LogP contribution in [-0.2, 0) is 6.54 Å². The fourth-order valence-electron chi connectivity index (χ4n) is 4.24. The zero-order valence-electron chi connectivity index (χ0n) is 19.5. The fourth-order valence-corrected chi connectivity index (χ4v) is 4.24. The highest BCUT2D eigenvalue weighted by molar-refractivity contribution is 6.11. The fraction of sp³-hybridized carbons (Fsp3) is 0.269. The van der Waals surface area contributed by atoms with E-state index in [1.807, 2.05) is 31.2 Å². The van der Waals surface area contributed by atoms with E-state index in [9.17, 15) is 9.59 Å². The first-order valence-corrected chi connectivity index (χ1v) is 11.3. The highest BCUT2D eigenvalue weighted by Crippen LogP contribution is 2.33. The Hall–Kier alpha value is -3.91. The summed E-state index contributed by atoms with van der Waals surface area (Å²) in [5.74, 6) is 0.413. The van der Waals surface area contributed by atoms with Crippen LogP contribution in [0.2, 0.25) is 0 Å². The van der Waals surface area contributed by atoms with Crippen LogP contribution in [-0.4, -0.2) is 55.0 Å². The molecule has 0 unspecified atom stereocenters. The van der Waals surface area contributed by atoms with E-state index < -0.39 is 0 Å². The van der Waals surface area contributed by atoms with Gasteiger partial charge in [0.25, 0.3) is 11.8 Å². The van der Waals surface area contributed by atoms with Crippen molar-refractivity contribution in [2.45, 2.75) is 13.5 Å². The summed E-state index contributed by atoms with van der Waals surface area (Å²) in [5, 5.41) is 6.32. The lowest BCUT2D eigenvalue weighted by Crippen LogP contribution is -2.44. The second-order valence-electron chi connectivity index (χ2n) is 7.95. The van der Waals surface area contributed by atoms with Crippen LogP contribution >= 0.6 is 0 Å². The Morgan fingerprint density at radius 2 is 1.97 bits per heavy atom. The standard InChI is InChI=1S/C26H29N5O3/c1-4-8-21(30-15-13-27-14-16-30)19(5-2)29-25(32)20-10-7-12-23(28-20)31-17-18-9-6-11-22(34-3)24(18)26(31)33/h4-12,27H,1,13-17H2,2-3H3,(H,29,32)/b19-5+,21-8+. The van der Waals surface area contributed by atoms with Gasteiger partial charge in [-0.1, -0.05) is 36.9 Å². The molecule has 1 fully saturated rings. The van der Waals surface area contributed by atoms with Crippen molar-refractivity contribution in [3.63, 3.8) is 0 Å². The molecule has 176 valence electrons. The molecule has 2 aromatic rings. The van der Waals surface area contributed by atoms with Gasteiger partial charge in [-0.25, -0.2) is 4.98 Å². The number of ether oxygens (including phenoxy) is 1. The third kappa shape index (κ3) is 4.58. The summed E-state index contributed by atoms with van der Waals surface area (Å²) in [4.78, 5) is 34.5. The van der Waals surface area contributed by atoms with Crippen molar-refractivity contribution < 1.29 is 14.3 Å². The van der Waals surface area contributed by atoms with Crippen molar-refractivity contribution in [3.05, 3.63) is 89.4 Å². The monoisotopic (exact) mass is 459 g/mol. The normalized spacial score (nSPS) is 16.4. The van der Waals surface area contributed by atoms with Gasteiger partial charge in [0, 0.05) is 26.2 Å². The van der Waals surface area contributed by atoms with Crippen LogP contribution < -0.4 is 20.3 Å². The van der Waals surface area contributed by atoms with Gasteiger partial charge in [-0.2, -0.15) is 0 Å². The number of hydrogen-bond donors (Lipinski definition) is 2. The third-order valence-electron chi connectivity index (χ3n) is 5.91. The van der Waals surface area contributed by atoms with Crippen LogP contribution in [0.3, 0.4) is 0 Å². The Bertz CT molecular complexity index is 1160. The Kier molecular flexibility index (Phi) is 7.08. The van der Waals surface area contributed by atoms with Gasteiger partial charge in [0.1, 0.15) is 17.3 Å². The Balaban J connectivity index is 1.55. The summed E-state index contributed by atoms with van der Waals surface area (Å²) in [6.45, 7) is 9.50. The molecule has 2 amide bonds. The van der Waals surface area contributed by atoms with E-state index in [1.165, 1.54) is 0 Å². The number of aromatic nitrogens is 1. The van der Waals surface area contributed by atoms with E-state index >= 15 is 0 Å². The maximum atomic E-state index is 13.2. The van der Waals surface area contributed by atoms with Crippen molar-refractivity contribution in [1.29, 1.82) is 0 Å². The number of fused-ring (bicyclic) bond motifs is 1. The first-order valence-electron chi connectivity index (χ1n) is 11.3. The number of carbonyl (C=O) groups excluding carboxylic acids is 2. The molecule has 0 atom stereocenters. The van der Waals surface area contributed by atoms with Crippen molar-refractivity contribution in [2.75, 3.05) is 38.2 Å². The van der Waals surface area contributed by atoms with Crippen molar-refractivity contribution in [1.82, 2.24) is 20.5 Å². The molecule has 1 saturated heterocycles. The number of nitrogens with zero attached hydrogens (tertiary/aromatic N) is 3. The molecule has 2 N–H and O–H groups in total. The van der Waals surface area contributed by atoms with Crippen LogP contribution in [0.1, 0.15) is 33.3 Å². The molecule has 34 heavy (non-hydrogen) atoms. The summed E-state index contributed by atoms with van der Waals surface area (Å²) in [7, 11) is 1.54. The number of benzene rings is 1. The number of hydrogen-bond acceptors (Lipinski definition) is 6. The lowest BCUT2D eigenvalue weighted by molar-refractivity contribution is 0.0955. The van der Waals surface area contributed by atoms with Gasteiger partial charge in [0.05, 0.1) is 30.6 Å². The number of piperazine rings is 1. The minimum absolute atomic E-state index is 0.193. The predicted octanol–water partition coefficient (Wildman–Crippen LogP) is 2.86. The zero-order chi connectivity index (χ0) is 24.1. The van der Waals surface area contributed by atoms with E-state index in [-0.39, 0.29) is 17.5 Å². The molecule has 8 nitrogen and oxygen atoms in total. The smallest absolute Gasteiger partial charge is 0.274 e. The predicted molar refractivity (Wildman–Crippen MR) is 132 cm³/mol. The Labute approximate surface area is 199 Å². The van der Waals surface area contributed by atoms with E-state index in [1.54, 1.807) is 42.4 Å². The number of allylic oxidation sites excluding steroid dienone is 3. The first kappa shape index (κ1) is 23.3. The molecular formula is C26H29N5O3. The maximum Gasteiger partial charge on any atom is 0.274 e. The molecular weight excluding hydrogens is 430 g/mol. The van der Waals surface area contributed by atoms with Gasteiger partial charge in [0.2, 0.25) is 0 Å². The van der Waals surface area contributed by atoms with Crippen LogP contribution in [0.15, 0.2) is 72.6 Å². The summed E-state index contributed by atoms with van der Waals surface area (Å²) < 4.78 is 5.36. The van der Waals surface area contributed by atoms with Gasteiger partial charge in [-0.05, 0) is 36.8 Å². The summed E-state index contributed by atoms with van der Waals surface area (Å²) in [6.07, 6.45) is 5.49. The van der Waals surface area contributed by atoms with Crippen LogP contribution in [0.4, 0.5) is 5.82 Å². The number of methoxy groups -OCH3 is 1. The summed E-state index contributed by atoms with van der Waals surface area (Å²) >= 11 is 0. The van der Waals surface area contributed by atoms with Gasteiger partial charge < -0.3 is 20.3 Å². The van der Waals surface area contributed by atoms with Crippen molar-refractivity contribution >= 4 is 17.6 Å². The van der Waals surface area contributed by atoms with E-state index in [4.69, 9.17) is 4.74 Å². The quantitative estimate of drug-likeness (QED) is 0.620. The largest absolute Gasteiger partial charge is 0.496 e. The van der Waals surface area contributed by atoms with Crippen molar-refractivity contribution in [2.24, 2.45) is 0 Å². The first-order chi connectivity index (χ1) is 16.6. The van der Waals surface area contributed by atoms with Crippen LogP contribution in [0.25, 0.3) is 0 Å². The second kappa shape index (κ2) is 10.4. The SMILES string of the molecule is C=C/C=C(\C(=C/C)NC(=O)c1cccc(N2Cc3cccc(OC)c3C2=O)n1)N1CCNCC1. The number of anilines is 1. The average molecular weight is 460 g/mol. The minimum atomic E-state index is -0.346. The van der Waals surface area contributed by atoms with E-state index in [0.29, 0.717) is 29.4 Å². The van der Waals surface area contributed by atoms with Crippen molar-refractivity contribution in [3.8, 4) is 5.75 Å². The number of amides is 2. The summed E-state index contributed by atoms with van der Waals surface area (Å²) in [6, 6.07) is 10.6. The molecule has 2 aliphatic rings. The number of nitrogens with one attached hydrogen (secondary N) is 2. The molecule has 1 aromatic heterocycles. The van der Waals surface area contributed by atoms with Gasteiger partial charge in [0.15, 0.2) is 0 Å². The molecule has 0 saturated carbocycles. The Morgan fingerprint density at radius 3 is 2.68 bits per heavy atom. The number of pyridine rings is 1. The maximum absolute atomic E-state index is 13.2. The highest BCUT2D eigenvalue weighted by atomic mass is 16.5. The van der Waals surface area contributed by atoms with E-state index in [0.717, 1.165) is 37.4 Å². The van der Waals surface area contributed by atoms with Gasteiger partial charge >= 0.3 is 0 Å². The molecule has 2 aliphatic heterocycles.